The summed E-state index contributed by atoms with van der Waals surface area (Å²) in [5, 5.41) is 0. The molecule has 3 nitrogen and oxygen atoms in total. The van der Waals surface area contributed by atoms with Crippen molar-refractivity contribution >= 4 is 16.8 Å². The number of nitrogens with zero attached hydrogens (tertiary/aromatic N) is 2. The molecule has 0 N–H and O–H groups in total. The molecule has 0 saturated heterocycles. The molecule has 25 heavy (non-hydrogen) atoms. The number of aryl methyl sites for hydroxylation is 1. The summed E-state index contributed by atoms with van der Waals surface area (Å²) in [6, 6.07) is 24.6. The highest BCUT2D eigenvalue weighted by molar-refractivity contribution is 6.08. The second kappa shape index (κ2) is 5.42. The Hall–Kier alpha value is -3.20. The minimum Gasteiger partial charge on any atom is -0.323 e. The number of aromatic nitrogens is 2. The summed E-state index contributed by atoms with van der Waals surface area (Å²) in [7, 11) is 0. The van der Waals surface area contributed by atoms with Crippen molar-refractivity contribution in [1.82, 2.24) is 9.55 Å². The van der Waals surface area contributed by atoms with Crippen molar-refractivity contribution in [3.63, 3.8) is 0 Å². The van der Waals surface area contributed by atoms with Gasteiger partial charge in [-0.3, -0.25) is 4.79 Å². The van der Waals surface area contributed by atoms with Gasteiger partial charge in [0.1, 0.15) is 5.82 Å². The Kier molecular flexibility index (Phi) is 3.07. The zero-order valence-electron chi connectivity index (χ0n) is 13.6. The summed E-state index contributed by atoms with van der Waals surface area (Å²) in [5.41, 5.74) is 6.14. The van der Waals surface area contributed by atoms with Crippen LogP contribution in [0.15, 0.2) is 72.8 Å². The molecule has 0 fully saturated rings. The first-order valence-electron chi connectivity index (χ1n) is 8.49. The van der Waals surface area contributed by atoms with E-state index >= 15 is 0 Å². The molecule has 0 amide bonds. The van der Waals surface area contributed by atoms with Crippen LogP contribution in [-0.2, 0) is 6.54 Å². The number of carbonyl (C=O) groups is 1. The maximum Gasteiger partial charge on any atom is 0.166 e. The number of imidazole rings is 1. The van der Waals surface area contributed by atoms with Crippen molar-refractivity contribution in [2.24, 2.45) is 0 Å². The largest absolute Gasteiger partial charge is 0.323 e. The number of rotatable bonds is 2. The normalized spacial score (nSPS) is 13.4. The first kappa shape index (κ1) is 14.2. The minimum absolute atomic E-state index is 0.212. The van der Waals surface area contributed by atoms with E-state index < -0.39 is 0 Å². The van der Waals surface area contributed by atoms with Gasteiger partial charge in [-0.05, 0) is 23.3 Å². The van der Waals surface area contributed by atoms with Crippen molar-refractivity contribution in [2.75, 3.05) is 0 Å². The van der Waals surface area contributed by atoms with E-state index in [4.69, 9.17) is 4.98 Å². The van der Waals surface area contributed by atoms with Crippen molar-refractivity contribution in [2.45, 2.75) is 13.0 Å². The van der Waals surface area contributed by atoms with E-state index in [1.54, 1.807) is 0 Å². The molecule has 1 aliphatic heterocycles. The van der Waals surface area contributed by atoms with Crippen molar-refractivity contribution in [3.8, 4) is 22.5 Å². The average Bonchev–Trinajstić information content (AvgIpc) is 3.05. The fraction of sp³-hybridized carbons (Fsp3) is 0.0909. The lowest BCUT2D eigenvalue weighted by molar-refractivity contribution is 0.0973. The molecule has 0 bridgehead atoms. The molecule has 0 aliphatic carbocycles. The van der Waals surface area contributed by atoms with Crippen LogP contribution in [0.1, 0.15) is 16.8 Å². The second-order valence-electron chi connectivity index (χ2n) is 6.38. The number of hydrogen-bond acceptors (Lipinski definition) is 2. The molecular formula is C22H16N2O. The third kappa shape index (κ3) is 2.20. The number of Topliss-reactive ketones (excluding diaryl/α,β-unsaturated/α-hetero) is 1. The van der Waals surface area contributed by atoms with Crippen LogP contribution in [0.25, 0.3) is 33.5 Å². The molecule has 2 heterocycles. The first-order valence-corrected chi connectivity index (χ1v) is 8.49. The van der Waals surface area contributed by atoms with Crippen LogP contribution in [-0.4, -0.2) is 15.3 Å². The summed E-state index contributed by atoms with van der Waals surface area (Å²) in [6.07, 6.45) is 0.539. The van der Waals surface area contributed by atoms with Crippen LogP contribution >= 0.6 is 0 Å². The van der Waals surface area contributed by atoms with Gasteiger partial charge in [-0.1, -0.05) is 60.7 Å². The maximum atomic E-state index is 12.2. The van der Waals surface area contributed by atoms with Crippen LogP contribution < -0.4 is 0 Å². The smallest absolute Gasteiger partial charge is 0.166 e. The van der Waals surface area contributed by atoms with E-state index in [1.807, 2.05) is 36.4 Å². The van der Waals surface area contributed by atoms with E-state index in [1.165, 1.54) is 11.1 Å². The zero-order chi connectivity index (χ0) is 16.8. The summed E-state index contributed by atoms with van der Waals surface area (Å²) in [5.74, 6) is 1.15. The quantitative estimate of drug-likeness (QED) is 0.522. The Balaban J connectivity index is 1.64. The number of carbonyl (C=O) groups excluding carboxylic acids is 1. The van der Waals surface area contributed by atoms with Crippen LogP contribution in [0, 0.1) is 0 Å². The second-order valence-corrected chi connectivity index (χ2v) is 6.38. The third-order valence-electron chi connectivity index (χ3n) is 4.88. The van der Waals surface area contributed by atoms with Crippen LogP contribution in [0.3, 0.4) is 0 Å². The molecule has 1 aliphatic rings. The van der Waals surface area contributed by atoms with Crippen LogP contribution in [0.4, 0.5) is 0 Å². The lowest BCUT2D eigenvalue weighted by atomic mass is 10.0. The van der Waals surface area contributed by atoms with Gasteiger partial charge in [0, 0.05) is 24.1 Å². The summed E-state index contributed by atoms with van der Waals surface area (Å²) in [4.78, 5) is 17.0. The van der Waals surface area contributed by atoms with Gasteiger partial charge in [-0.15, -0.1) is 0 Å². The highest BCUT2D eigenvalue weighted by atomic mass is 16.1. The number of benzene rings is 3. The van der Waals surface area contributed by atoms with Crippen LogP contribution in [0.5, 0.6) is 0 Å². The van der Waals surface area contributed by atoms with Gasteiger partial charge in [0.25, 0.3) is 0 Å². The van der Waals surface area contributed by atoms with Gasteiger partial charge in [0.2, 0.25) is 0 Å². The Morgan fingerprint density at radius 1 is 0.760 bits per heavy atom. The molecule has 3 aromatic carbocycles. The SMILES string of the molecule is O=C1CCn2c(-c3ccc(-c4ccccc4)cc3)nc3cccc1c32. The van der Waals surface area contributed by atoms with Gasteiger partial charge in [-0.25, -0.2) is 4.98 Å². The summed E-state index contributed by atoms with van der Waals surface area (Å²) >= 11 is 0. The highest BCUT2D eigenvalue weighted by Gasteiger charge is 2.23. The Bertz CT molecular complexity index is 1090. The number of para-hydroxylation sites is 1. The van der Waals surface area contributed by atoms with Crippen LogP contribution in [0.2, 0.25) is 0 Å². The fourth-order valence-electron chi connectivity index (χ4n) is 3.64. The first-order chi connectivity index (χ1) is 12.3. The molecular weight excluding hydrogens is 308 g/mol. The third-order valence-corrected chi connectivity index (χ3v) is 4.88. The van der Waals surface area contributed by atoms with E-state index in [9.17, 15) is 4.79 Å². The lowest BCUT2D eigenvalue weighted by Crippen LogP contribution is -2.14. The van der Waals surface area contributed by atoms with Gasteiger partial charge in [-0.2, -0.15) is 0 Å². The van der Waals surface area contributed by atoms with Crippen molar-refractivity contribution < 1.29 is 4.79 Å². The van der Waals surface area contributed by atoms with Gasteiger partial charge < -0.3 is 4.57 Å². The lowest BCUT2D eigenvalue weighted by Gasteiger charge is -2.16. The summed E-state index contributed by atoms with van der Waals surface area (Å²) < 4.78 is 2.18. The van der Waals surface area contributed by atoms with Crippen molar-refractivity contribution in [1.29, 1.82) is 0 Å². The topological polar surface area (TPSA) is 34.9 Å². The molecule has 120 valence electrons. The van der Waals surface area contributed by atoms with E-state index in [-0.39, 0.29) is 5.78 Å². The van der Waals surface area contributed by atoms with E-state index in [0.717, 1.165) is 28.0 Å². The average molecular weight is 324 g/mol. The molecule has 1 aromatic heterocycles. The van der Waals surface area contributed by atoms with Gasteiger partial charge >= 0.3 is 0 Å². The molecule has 0 unspecified atom stereocenters. The standard InChI is InChI=1S/C22H16N2O/c25-20-13-14-24-21-18(20)7-4-8-19(21)23-22(24)17-11-9-16(10-12-17)15-5-2-1-3-6-15/h1-12H,13-14H2. The predicted octanol–water partition coefficient (Wildman–Crippen LogP) is 4.96. The number of ketones is 1. The zero-order valence-corrected chi connectivity index (χ0v) is 13.6. The molecule has 0 saturated carbocycles. The fourth-order valence-corrected chi connectivity index (χ4v) is 3.64. The van der Waals surface area contributed by atoms with Gasteiger partial charge in [0.15, 0.2) is 5.78 Å². The van der Waals surface area contributed by atoms with E-state index in [0.29, 0.717) is 13.0 Å². The Labute approximate surface area is 145 Å². The predicted molar refractivity (Wildman–Crippen MR) is 99.6 cm³/mol. The van der Waals surface area contributed by atoms with Gasteiger partial charge in [0.05, 0.1) is 11.0 Å². The Morgan fingerprint density at radius 3 is 2.28 bits per heavy atom. The monoisotopic (exact) mass is 324 g/mol. The highest BCUT2D eigenvalue weighted by Crippen LogP contribution is 2.32. The number of hydrogen-bond donors (Lipinski definition) is 0. The maximum absolute atomic E-state index is 12.2. The molecule has 3 heteroatoms. The van der Waals surface area contributed by atoms with Crippen molar-refractivity contribution in [3.05, 3.63) is 78.4 Å². The molecule has 0 atom stereocenters. The molecule has 0 spiro atoms. The minimum atomic E-state index is 0.212. The molecule has 0 radical (unpaired) electrons. The molecule has 5 rings (SSSR count). The summed E-state index contributed by atoms with van der Waals surface area (Å²) in [6.45, 7) is 0.697. The Morgan fingerprint density at radius 2 is 1.48 bits per heavy atom. The van der Waals surface area contributed by atoms with E-state index in [2.05, 4.69) is 41.0 Å². The molecule has 4 aromatic rings.